The molecule has 0 spiro atoms. The minimum absolute atomic E-state index is 0.194. The van der Waals surface area contributed by atoms with Crippen LogP contribution in [0.25, 0.3) is 0 Å². The van der Waals surface area contributed by atoms with Crippen LogP contribution >= 0.6 is 23.2 Å². The minimum Gasteiger partial charge on any atom is -0.381 e. The van der Waals surface area contributed by atoms with E-state index in [2.05, 4.69) is 39.5 Å². The summed E-state index contributed by atoms with van der Waals surface area (Å²) in [7, 11) is 0. The van der Waals surface area contributed by atoms with Gasteiger partial charge in [-0.05, 0) is 32.5 Å². The van der Waals surface area contributed by atoms with E-state index in [1.54, 1.807) is 0 Å². The summed E-state index contributed by atoms with van der Waals surface area (Å²) >= 11 is 9.53. The number of alkyl halides is 2. The largest absolute Gasteiger partial charge is 0.381 e. The van der Waals surface area contributed by atoms with E-state index in [-0.39, 0.29) is 5.34 Å². The molecular formula is C17H39Cl2NO. The Morgan fingerprint density at radius 2 is 1.10 bits per heavy atom. The van der Waals surface area contributed by atoms with E-state index in [0.717, 1.165) is 13.2 Å². The average molecular weight is 344 g/mol. The van der Waals surface area contributed by atoms with Crippen molar-refractivity contribution in [1.82, 2.24) is 4.90 Å². The highest BCUT2D eigenvalue weighted by Crippen LogP contribution is 1.98. The molecule has 4 heteroatoms. The van der Waals surface area contributed by atoms with E-state index in [0.29, 0.717) is 0 Å². The molecular weight excluding hydrogens is 305 g/mol. The third-order valence-corrected chi connectivity index (χ3v) is 3.13. The van der Waals surface area contributed by atoms with E-state index in [1.807, 2.05) is 0 Å². The highest BCUT2D eigenvalue weighted by molar-refractivity contribution is 6.40. The highest BCUT2D eigenvalue weighted by atomic mass is 35.5. The summed E-state index contributed by atoms with van der Waals surface area (Å²) in [5.41, 5.74) is 0. The number of hydrogen-bond donors (Lipinski definition) is 0. The zero-order valence-corrected chi connectivity index (χ0v) is 16.6. The van der Waals surface area contributed by atoms with Crippen molar-refractivity contribution in [2.45, 2.75) is 73.1 Å². The minimum atomic E-state index is 0.194. The molecule has 0 N–H and O–H groups in total. The molecule has 21 heavy (non-hydrogen) atoms. The number of rotatable bonds is 6. The Bertz CT molecular complexity index is 124. The van der Waals surface area contributed by atoms with Gasteiger partial charge < -0.3 is 9.64 Å². The fourth-order valence-electron chi connectivity index (χ4n) is 1.68. The summed E-state index contributed by atoms with van der Waals surface area (Å²) in [6.45, 7) is 16.6. The summed E-state index contributed by atoms with van der Waals surface area (Å²) in [6, 6.07) is 0. The molecule has 0 atom stereocenters. The van der Waals surface area contributed by atoms with Crippen molar-refractivity contribution < 1.29 is 4.74 Å². The Hall–Kier alpha value is 0.500. The molecule has 0 aromatic rings. The van der Waals surface area contributed by atoms with Crippen LogP contribution in [0.4, 0.5) is 0 Å². The maximum Gasteiger partial charge on any atom is 0.0967 e. The summed E-state index contributed by atoms with van der Waals surface area (Å²) in [5.74, 6) is 0. The Labute approximate surface area is 144 Å². The quantitative estimate of drug-likeness (QED) is 0.423. The summed E-state index contributed by atoms with van der Waals surface area (Å²) in [4.78, 5) is 2.38. The van der Waals surface area contributed by atoms with Gasteiger partial charge in [0.25, 0.3) is 0 Å². The number of unbranched alkanes of at least 4 members (excludes halogenated alkanes) is 3. The van der Waals surface area contributed by atoms with Gasteiger partial charge in [-0.25, -0.2) is 0 Å². The Morgan fingerprint density at radius 3 is 1.19 bits per heavy atom. The van der Waals surface area contributed by atoms with Crippen LogP contribution in [-0.2, 0) is 4.74 Å². The van der Waals surface area contributed by atoms with Gasteiger partial charge in [0.05, 0.1) is 5.34 Å². The Kier molecular flexibility index (Phi) is 36.0. The van der Waals surface area contributed by atoms with Crippen molar-refractivity contribution in [3.8, 4) is 0 Å². The smallest absolute Gasteiger partial charge is 0.0967 e. The number of nitrogens with zero attached hydrogens (tertiary/aromatic N) is 1. The molecule has 0 aliphatic carbocycles. The van der Waals surface area contributed by atoms with Gasteiger partial charge in [-0.2, -0.15) is 0 Å². The Morgan fingerprint density at radius 1 is 0.762 bits per heavy atom. The zero-order valence-electron chi connectivity index (χ0n) is 15.1. The molecule has 1 saturated heterocycles. The average Bonchev–Trinajstić information content (AvgIpc) is 3.08. The van der Waals surface area contributed by atoms with Crippen LogP contribution in [0.15, 0.2) is 0 Å². The van der Waals surface area contributed by atoms with Gasteiger partial charge >= 0.3 is 0 Å². The monoisotopic (exact) mass is 343 g/mol. The van der Waals surface area contributed by atoms with Crippen LogP contribution < -0.4 is 0 Å². The third kappa shape index (κ3) is 33.4. The number of ether oxygens (including phenoxy) is 1. The molecule has 1 rings (SSSR count). The lowest BCUT2D eigenvalue weighted by atomic mass is 10.2. The predicted octanol–water partition coefficient (Wildman–Crippen LogP) is 6.15. The third-order valence-electron chi connectivity index (χ3n) is 3.13. The Balaban J connectivity index is -0.000000213. The summed E-state index contributed by atoms with van der Waals surface area (Å²) < 4.78 is 4.94. The van der Waals surface area contributed by atoms with E-state index in [4.69, 9.17) is 27.9 Å². The summed E-state index contributed by atoms with van der Waals surface area (Å²) in [5, 5.41) is 0.194. The van der Waals surface area contributed by atoms with Crippen LogP contribution in [0.2, 0.25) is 0 Å². The van der Waals surface area contributed by atoms with Gasteiger partial charge in [0.2, 0.25) is 0 Å². The molecule has 1 heterocycles. The van der Waals surface area contributed by atoms with Gasteiger partial charge in [0.15, 0.2) is 0 Å². The van der Waals surface area contributed by atoms with E-state index in [1.165, 1.54) is 58.2 Å². The molecule has 0 aromatic carbocycles. The molecule has 132 valence electrons. The first kappa shape index (κ1) is 26.4. The second-order valence-electron chi connectivity index (χ2n) is 4.75. The SMILES string of the molecule is C1CCOC1.CCCCCC.CCN(CC)CC.ClCCl. The van der Waals surface area contributed by atoms with Crippen molar-refractivity contribution in [1.29, 1.82) is 0 Å². The second-order valence-corrected chi connectivity index (χ2v) is 5.56. The standard InChI is InChI=1S/C6H15N.C6H14.C4H8O.CH2Cl2/c1-4-7(5-2)6-3;1-3-5-6-4-2;1-2-4-5-3-1;2-1-3/h4-6H2,1-3H3;3-6H2,1-2H3;1-4H2;1H2. The maximum absolute atomic E-state index is 4.94. The lowest BCUT2D eigenvalue weighted by molar-refractivity contribution is 0.198. The van der Waals surface area contributed by atoms with E-state index < -0.39 is 0 Å². The lowest BCUT2D eigenvalue weighted by Crippen LogP contribution is -2.21. The first-order chi connectivity index (χ1) is 10.2. The van der Waals surface area contributed by atoms with Crippen molar-refractivity contribution in [2.24, 2.45) is 0 Å². The predicted molar refractivity (Wildman–Crippen MR) is 99.9 cm³/mol. The number of hydrogen-bond acceptors (Lipinski definition) is 2. The molecule has 0 radical (unpaired) electrons. The fourth-order valence-corrected chi connectivity index (χ4v) is 1.68. The number of halogens is 2. The van der Waals surface area contributed by atoms with Crippen molar-refractivity contribution in [2.75, 3.05) is 38.2 Å². The lowest BCUT2D eigenvalue weighted by Gasteiger charge is -2.13. The van der Waals surface area contributed by atoms with Crippen LogP contribution in [0, 0.1) is 0 Å². The molecule has 0 amide bonds. The molecule has 1 fully saturated rings. The highest BCUT2D eigenvalue weighted by Gasteiger charge is 1.94. The topological polar surface area (TPSA) is 12.5 Å². The zero-order chi connectivity index (χ0) is 16.8. The molecule has 1 aliphatic heterocycles. The molecule has 0 saturated carbocycles. The van der Waals surface area contributed by atoms with Crippen molar-refractivity contribution in [3.05, 3.63) is 0 Å². The fraction of sp³-hybridized carbons (Fsp3) is 1.00. The summed E-state index contributed by atoms with van der Waals surface area (Å²) in [6.07, 6.45) is 8.09. The normalized spacial score (nSPS) is 12.6. The van der Waals surface area contributed by atoms with E-state index >= 15 is 0 Å². The van der Waals surface area contributed by atoms with Gasteiger partial charge in [0.1, 0.15) is 0 Å². The molecule has 1 aliphatic rings. The van der Waals surface area contributed by atoms with Gasteiger partial charge in [-0.3, -0.25) is 0 Å². The van der Waals surface area contributed by atoms with Gasteiger partial charge in [0, 0.05) is 13.2 Å². The van der Waals surface area contributed by atoms with Crippen LogP contribution in [-0.4, -0.2) is 43.1 Å². The van der Waals surface area contributed by atoms with Crippen molar-refractivity contribution in [3.63, 3.8) is 0 Å². The first-order valence-corrected chi connectivity index (χ1v) is 9.67. The van der Waals surface area contributed by atoms with Gasteiger partial charge in [-0.1, -0.05) is 60.3 Å². The molecule has 2 nitrogen and oxygen atoms in total. The van der Waals surface area contributed by atoms with Crippen molar-refractivity contribution >= 4 is 23.2 Å². The second kappa shape index (κ2) is 28.6. The molecule has 0 bridgehead atoms. The first-order valence-electron chi connectivity index (χ1n) is 8.60. The molecule has 0 aromatic heterocycles. The van der Waals surface area contributed by atoms with Gasteiger partial charge in [-0.15, -0.1) is 23.2 Å². The maximum atomic E-state index is 4.94. The van der Waals surface area contributed by atoms with E-state index in [9.17, 15) is 0 Å². The van der Waals surface area contributed by atoms with Crippen LogP contribution in [0.3, 0.4) is 0 Å². The van der Waals surface area contributed by atoms with Crippen LogP contribution in [0.1, 0.15) is 73.1 Å². The van der Waals surface area contributed by atoms with Crippen LogP contribution in [0.5, 0.6) is 0 Å². The molecule has 0 unspecified atom stereocenters.